The van der Waals surface area contributed by atoms with Crippen LogP contribution >= 0.6 is 0 Å². The van der Waals surface area contributed by atoms with Gasteiger partial charge in [0, 0.05) is 31.0 Å². The number of anilines is 2. The Kier molecular flexibility index (Phi) is 5.29. The van der Waals surface area contributed by atoms with Crippen molar-refractivity contribution >= 4 is 11.4 Å². The second-order valence-corrected chi connectivity index (χ2v) is 5.24. The minimum atomic E-state index is 0.651. The van der Waals surface area contributed by atoms with E-state index in [1.165, 1.54) is 5.69 Å². The first-order chi connectivity index (χ1) is 7.99. The van der Waals surface area contributed by atoms with Crippen LogP contribution < -0.4 is 10.6 Å². The lowest BCUT2D eigenvalue weighted by molar-refractivity contribution is 0.409. The van der Waals surface area contributed by atoms with Crippen LogP contribution in [0.1, 0.15) is 13.8 Å². The summed E-state index contributed by atoms with van der Waals surface area (Å²) in [4.78, 5) is 4.61. The van der Waals surface area contributed by atoms with Gasteiger partial charge in [0.25, 0.3) is 0 Å². The molecular formula is C14H25N3. The maximum Gasteiger partial charge on any atom is 0.0387 e. The lowest BCUT2D eigenvalue weighted by Crippen LogP contribution is -2.34. The molecule has 0 saturated heterocycles. The molecule has 0 aromatic heterocycles. The highest BCUT2D eigenvalue weighted by Crippen LogP contribution is 2.18. The van der Waals surface area contributed by atoms with Crippen molar-refractivity contribution in [2.45, 2.75) is 13.8 Å². The van der Waals surface area contributed by atoms with Gasteiger partial charge in [-0.3, -0.25) is 0 Å². The molecule has 96 valence electrons. The second-order valence-electron chi connectivity index (χ2n) is 5.24. The second kappa shape index (κ2) is 6.50. The summed E-state index contributed by atoms with van der Waals surface area (Å²) in [5.41, 5.74) is 7.90. The predicted molar refractivity (Wildman–Crippen MR) is 76.5 cm³/mol. The minimum Gasteiger partial charge on any atom is -0.399 e. The van der Waals surface area contributed by atoms with E-state index in [0.717, 1.165) is 25.3 Å². The first-order valence-electron chi connectivity index (χ1n) is 6.24. The molecule has 0 amide bonds. The summed E-state index contributed by atoms with van der Waals surface area (Å²) < 4.78 is 0. The normalized spacial score (nSPS) is 11.2. The summed E-state index contributed by atoms with van der Waals surface area (Å²) in [7, 11) is 4.21. The van der Waals surface area contributed by atoms with Crippen molar-refractivity contribution < 1.29 is 0 Å². The van der Waals surface area contributed by atoms with Crippen LogP contribution in [0.25, 0.3) is 0 Å². The molecule has 3 heteroatoms. The third kappa shape index (κ3) is 5.09. The molecule has 17 heavy (non-hydrogen) atoms. The van der Waals surface area contributed by atoms with Crippen molar-refractivity contribution in [1.29, 1.82) is 0 Å². The predicted octanol–water partition coefficient (Wildman–Crippen LogP) is 2.29. The largest absolute Gasteiger partial charge is 0.399 e. The third-order valence-electron chi connectivity index (χ3n) is 2.64. The fraction of sp³-hybridized carbons (Fsp3) is 0.571. The Morgan fingerprint density at radius 1 is 1.18 bits per heavy atom. The number of rotatable bonds is 6. The number of nitrogens with zero attached hydrogens (tertiary/aromatic N) is 2. The zero-order valence-corrected chi connectivity index (χ0v) is 11.5. The molecule has 0 spiro atoms. The van der Waals surface area contributed by atoms with Gasteiger partial charge in [-0.1, -0.05) is 19.9 Å². The van der Waals surface area contributed by atoms with Crippen molar-refractivity contribution in [2.24, 2.45) is 5.92 Å². The monoisotopic (exact) mass is 235 g/mol. The molecule has 1 aromatic carbocycles. The number of nitrogens with two attached hydrogens (primary N) is 1. The molecule has 2 N–H and O–H groups in total. The highest BCUT2D eigenvalue weighted by Gasteiger charge is 2.09. The summed E-state index contributed by atoms with van der Waals surface area (Å²) in [5, 5.41) is 0. The smallest absolute Gasteiger partial charge is 0.0387 e. The van der Waals surface area contributed by atoms with Crippen LogP contribution in [-0.2, 0) is 0 Å². The standard InChI is InChI=1S/C14H25N3/c1-12(2)11-17(9-8-16(3)4)14-7-5-6-13(15)10-14/h5-7,10,12H,8-9,11,15H2,1-4H3. The summed E-state index contributed by atoms with van der Waals surface area (Å²) in [5.74, 6) is 0.651. The van der Waals surface area contributed by atoms with Gasteiger partial charge in [-0.05, 0) is 38.2 Å². The quantitative estimate of drug-likeness (QED) is 0.768. The van der Waals surface area contributed by atoms with Crippen LogP contribution in [-0.4, -0.2) is 38.6 Å². The molecule has 3 nitrogen and oxygen atoms in total. The van der Waals surface area contributed by atoms with Gasteiger partial charge in [-0.15, -0.1) is 0 Å². The molecule has 0 aliphatic rings. The van der Waals surface area contributed by atoms with Gasteiger partial charge in [0.2, 0.25) is 0 Å². The van der Waals surface area contributed by atoms with Gasteiger partial charge >= 0.3 is 0 Å². The number of nitrogen functional groups attached to an aromatic ring is 1. The van der Waals surface area contributed by atoms with Gasteiger partial charge in [0.05, 0.1) is 0 Å². The van der Waals surface area contributed by atoms with Crippen LogP contribution in [0.2, 0.25) is 0 Å². The van der Waals surface area contributed by atoms with Crippen molar-refractivity contribution in [1.82, 2.24) is 4.90 Å². The third-order valence-corrected chi connectivity index (χ3v) is 2.64. The van der Waals surface area contributed by atoms with Gasteiger partial charge in [-0.25, -0.2) is 0 Å². The Balaban J connectivity index is 2.74. The van der Waals surface area contributed by atoms with Crippen LogP contribution in [0.15, 0.2) is 24.3 Å². The highest BCUT2D eigenvalue weighted by atomic mass is 15.2. The molecule has 0 bridgehead atoms. The Labute approximate surface area is 105 Å². The first-order valence-corrected chi connectivity index (χ1v) is 6.24. The van der Waals surface area contributed by atoms with E-state index in [1.807, 2.05) is 12.1 Å². The number of benzene rings is 1. The molecule has 1 rings (SSSR count). The number of likely N-dealkylation sites (N-methyl/N-ethyl adjacent to an activating group) is 1. The summed E-state index contributed by atoms with van der Waals surface area (Å²) >= 11 is 0. The van der Waals surface area contributed by atoms with E-state index >= 15 is 0 Å². The zero-order valence-electron chi connectivity index (χ0n) is 11.5. The molecule has 0 saturated carbocycles. The lowest BCUT2D eigenvalue weighted by atomic mass is 10.2. The number of hydrogen-bond donors (Lipinski definition) is 1. The number of hydrogen-bond acceptors (Lipinski definition) is 3. The summed E-state index contributed by atoms with van der Waals surface area (Å²) in [6.07, 6.45) is 0. The van der Waals surface area contributed by atoms with Crippen LogP contribution in [0.5, 0.6) is 0 Å². The summed E-state index contributed by atoms with van der Waals surface area (Å²) in [6.45, 7) is 7.65. The molecule has 1 aromatic rings. The molecule has 0 atom stereocenters. The van der Waals surface area contributed by atoms with Gasteiger partial charge in [0.15, 0.2) is 0 Å². The summed E-state index contributed by atoms with van der Waals surface area (Å²) in [6, 6.07) is 8.14. The van der Waals surface area contributed by atoms with Gasteiger partial charge in [0.1, 0.15) is 0 Å². The Hall–Kier alpha value is -1.22. The SMILES string of the molecule is CC(C)CN(CCN(C)C)c1cccc(N)c1. The lowest BCUT2D eigenvalue weighted by Gasteiger charge is -2.28. The fourth-order valence-electron chi connectivity index (χ4n) is 1.81. The molecule has 0 aliphatic carbocycles. The maximum absolute atomic E-state index is 5.85. The van der Waals surface area contributed by atoms with E-state index in [4.69, 9.17) is 5.73 Å². The van der Waals surface area contributed by atoms with E-state index in [-0.39, 0.29) is 0 Å². The van der Waals surface area contributed by atoms with E-state index < -0.39 is 0 Å². The minimum absolute atomic E-state index is 0.651. The first kappa shape index (κ1) is 13.8. The Bertz CT molecular complexity index is 334. The van der Waals surface area contributed by atoms with E-state index in [1.54, 1.807) is 0 Å². The van der Waals surface area contributed by atoms with Crippen LogP contribution in [0, 0.1) is 5.92 Å². The van der Waals surface area contributed by atoms with Gasteiger partial charge in [-0.2, -0.15) is 0 Å². The van der Waals surface area contributed by atoms with Crippen molar-refractivity contribution in [3.63, 3.8) is 0 Å². The Morgan fingerprint density at radius 2 is 1.88 bits per heavy atom. The van der Waals surface area contributed by atoms with E-state index in [2.05, 4.69) is 49.9 Å². The van der Waals surface area contributed by atoms with Gasteiger partial charge < -0.3 is 15.5 Å². The topological polar surface area (TPSA) is 32.5 Å². The fourth-order valence-corrected chi connectivity index (χ4v) is 1.81. The molecule has 0 unspecified atom stereocenters. The van der Waals surface area contributed by atoms with Crippen molar-refractivity contribution in [2.75, 3.05) is 44.4 Å². The van der Waals surface area contributed by atoms with Crippen LogP contribution in [0.3, 0.4) is 0 Å². The van der Waals surface area contributed by atoms with E-state index in [0.29, 0.717) is 5.92 Å². The van der Waals surface area contributed by atoms with Crippen molar-refractivity contribution in [3.8, 4) is 0 Å². The molecular weight excluding hydrogens is 210 g/mol. The molecule has 0 aliphatic heterocycles. The average molecular weight is 235 g/mol. The van der Waals surface area contributed by atoms with Crippen molar-refractivity contribution in [3.05, 3.63) is 24.3 Å². The van der Waals surface area contributed by atoms with E-state index in [9.17, 15) is 0 Å². The zero-order chi connectivity index (χ0) is 12.8. The Morgan fingerprint density at radius 3 is 2.41 bits per heavy atom. The molecule has 0 fully saturated rings. The highest BCUT2D eigenvalue weighted by molar-refractivity contribution is 5.55. The maximum atomic E-state index is 5.85. The molecule has 0 radical (unpaired) electrons. The van der Waals surface area contributed by atoms with Crippen LogP contribution in [0.4, 0.5) is 11.4 Å². The average Bonchev–Trinajstić information content (AvgIpc) is 2.23. The molecule has 0 heterocycles.